The highest BCUT2D eigenvalue weighted by Gasteiger charge is 2.29. The number of nitriles is 1. The highest BCUT2D eigenvalue weighted by atomic mass is 16.5. The van der Waals surface area contributed by atoms with Crippen molar-refractivity contribution in [3.05, 3.63) is 55.0 Å². The van der Waals surface area contributed by atoms with Crippen molar-refractivity contribution in [3.63, 3.8) is 0 Å². The zero-order chi connectivity index (χ0) is 36.7. The van der Waals surface area contributed by atoms with Gasteiger partial charge >= 0.3 is 0 Å². The molecular formula is C37H50N10O6. The summed E-state index contributed by atoms with van der Waals surface area (Å²) < 4.78 is 37.8. The van der Waals surface area contributed by atoms with E-state index in [1.807, 2.05) is 29.9 Å². The van der Waals surface area contributed by atoms with E-state index in [9.17, 15) is 5.26 Å². The molecule has 0 amide bonds. The summed E-state index contributed by atoms with van der Waals surface area (Å²) in [7, 11) is 1.65. The molecular weight excluding hydrogens is 680 g/mol. The van der Waals surface area contributed by atoms with Crippen molar-refractivity contribution in [3.8, 4) is 28.8 Å². The number of methoxy groups -OCH3 is 1. The first-order valence-corrected chi connectivity index (χ1v) is 18.4. The van der Waals surface area contributed by atoms with E-state index in [-0.39, 0.29) is 12.1 Å². The lowest BCUT2D eigenvalue weighted by atomic mass is 9.90. The van der Waals surface area contributed by atoms with Crippen LogP contribution in [0.25, 0.3) is 11.1 Å². The molecule has 2 aliphatic rings. The van der Waals surface area contributed by atoms with Gasteiger partial charge in [-0.15, -0.1) is 5.10 Å². The zero-order valence-electron chi connectivity index (χ0n) is 30.6. The smallest absolute Gasteiger partial charge is 0.256 e. The molecule has 2 fully saturated rings. The normalized spacial score (nSPS) is 18.4. The number of anilines is 2. The molecule has 16 heteroatoms. The van der Waals surface area contributed by atoms with E-state index < -0.39 is 0 Å². The Morgan fingerprint density at radius 2 is 1.72 bits per heavy atom. The van der Waals surface area contributed by atoms with Gasteiger partial charge in [-0.3, -0.25) is 9.58 Å². The van der Waals surface area contributed by atoms with Crippen molar-refractivity contribution in [1.29, 1.82) is 5.26 Å². The summed E-state index contributed by atoms with van der Waals surface area (Å²) in [5.41, 5.74) is 2.75. The van der Waals surface area contributed by atoms with Crippen LogP contribution in [0.5, 0.6) is 11.6 Å². The average Bonchev–Trinajstić information content (AvgIpc) is 3.86. The Balaban J connectivity index is 1.09. The number of hydrogen-bond donors (Lipinski definition) is 1. The Bertz CT molecular complexity index is 1700. The van der Waals surface area contributed by atoms with Gasteiger partial charge in [0, 0.05) is 57.2 Å². The number of nitrogens with zero attached hydrogens (tertiary/aromatic N) is 9. The van der Waals surface area contributed by atoms with Crippen LogP contribution >= 0.6 is 0 Å². The second kappa shape index (κ2) is 20.0. The lowest BCUT2D eigenvalue weighted by molar-refractivity contribution is 0.00502. The average molecular weight is 731 g/mol. The van der Waals surface area contributed by atoms with Gasteiger partial charge in [-0.05, 0) is 50.3 Å². The quantitative estimate of drug-likeness (QED) is 0.128. The first-order valence-electron chi connectivity index (χ1n) is 18.4. The minimum absolute atomic E-state index is 0.239. The van der Waals surface area contributed by atoms with Crippen LogP contribution in [0.15, 0.2) is 49.4 Å². The van der Waals surface area contributed by atoms with Crippen molar-refractivity contribution >= 4 is 11.6 Å². The maximum atomic E-state index is 9.71. The Hall–Kier alpha value is -4.66. The van der Waals surface area contributed by atoms with Crippen molar-refractivity contribution in [2.24, 2.45) is 0 Å². The van der Waals surface area contributed by atoms with Crippen molar-refractivity contribution < 1.29 is 28.4 Å². The molecule has 0 bridgehead atoms. The second-order valence-corrected chi connectivity index (χ2v) is 13.1. The van der Waals surface area contributed by atoms with Crippen LogP contribution in [0.3, 0.4) is 0 Å². The molecule has 1 atom stereocenters. The maximum absolute atomic E-state index is 9.71. The number of aromatic nitrogens is 7. The Morgan fingerprint density at radius 3 is 2.45 bits per heavy atom. The van der Waals surface area contributed by atoms with E-state index in [4.69, 9.17) is 33.5 Å². The third kappa shape index (κ3) is 11.2. The van der Waals surface area contributed by atoms with E-state index in [0.29, 0.717) is 87.5 Å². The molecule has 1 saturated heterocycles. The molecule has 1 aliphatic heterocycles. The van der Waals surface area contributed by atoms with E-state index in [1.54, 1.807) is 36.6 Å². The molecule has 3 aromatic heterocycles. The van der Waals surface area contributed by atoms with Crippen molar-refractivity contribution in [1.82, 2.24) is 39.4 Å². The Morgan fingerprint density at radius 1 is 0.962 bits per heavy atom. The third-order valence-corrected chi connectivity index (χ3v) is 9.35. The molecule has 0 radical (unpaired) electrons. The number of ether oxygens (including phenoxy) is 6. The molecule has 1 N–H and O–H groups in total. The van der Waals surface area contributed by atoms with Gasteiger partial charge in [0.25, 0.3) is 5.88 Å². The largest absolute Gasteiger partial charge is 0.487 e. The molecule has 53 heavy (non-hydrogen) atoms. The lowest BCUT2D eigenvalue weighted by Gasteiger charge is -2.38. The number of benzene rings is 1. The predicted octanol–water partition coefficient (Wildman–Crippen LogP) is 4.28. The minimum atomic E-state index is -0.239. The molecule has 1 aliphatic carbocycles. The Kier molecular flexibility index (Phi) is 14.4. The highest BCUT2D eigenvalue weighted by Crippen LogP contribution is 2.35. The SMILES string of the molecule is COCCOCCOCCCOc1nn(C2CCC(N3CCOCC3)CC2)cc1Nc1ncc(-c2ccc(C#N)c(O[C@@H](C)Cn3cncn3)c2)cn1. The Labute approximate surface area is 310 Å². The molecule has 4 aromatic rings. The summed E-state index contributed by atoms with van der Waals surface area (Å²) in [6.45, 7) is 9.24. The molecule has 0 unspecified atom stereocenters. The summed E-state index contributed by atoms with van der Waals surface area (Å²) in [6, 6.07) is 8.53. The summed E-state index contributed by atoms with van der Waals surface area (Å²) >= 11 is 0. The first kappa shape index (κ1) is 38.1. The number of hydrogen-bond acceptors (Lipinski definition) is 14. The molecule has 1 aromatic carbocycles. The topological polar surface area (TPSA) is 169 Å². The van der Waals surface area contributed by atoms with Gasteiger partial charge < -0.3 is 33.7 Å². The summed E-state index contributed by atoms with van der Waals surface area (Å²) in [4.78, 5) is 15.8. The maximum Gasteiger partial charge on any atom is 0.256 e. The third-order valence-electron chi connectivity index (χ3n) is 9.35. The molecule has 6 rings (SSSR count). The van der Waals surface area contributed by atoms with Crippen LogP contribution in [-0.4, -0.2) is 125 Å². The highest BCUT2D eigenvalue weighted by molar-refractivity contribution is 5.67. The van der Waals surface area contributed by atoms with Crippen LogP contribution in [0.2, 0.25) is 0 Å². The van der Waals surface area contributed by atoms with Crippen LogP contribution < -0.4 is 14.8 Å². The van der Waals surface area contributed by atoms with E-state index in [2.05, 4.69) is 36.3 Å². The lowest BCUT2D eigenvalue weighted by Crippen LogP contribution is -2.45. The fourth-order valence-electron chi connectivity index (χ4n) is 6.58. The fraction of sp³-hybridized carbons (Fsp3) is 0.568. The number of nitrogens with one attached hydrogen (secondary N) is 1. The van der Waals surface area contributed by atoms with E-state index in [1.165, 1.54) is 6.33 Å². The van der Waals surface area contributed by atoms with Crippen molar-refractivity contribution in [2.75, 3.05) is 78.4 Å². The molecule has 4 heterocycles. The van der Waals surface area contributed by atoms with Gasteiger partial charge in [0.05, 0.1) is 70.6 Å². The molecule has 16 nitrogen and oxygen atoms in total. The standard InChI is InChI=1S/C37H50N10O6/c1-28(24-46-27-39-26-42-46)53-35-20-29(4-5-30(35)21-38)31-22-40-37(41-23-31)43-34-25-47(33-8-6-32(7-9-33)45-10-14-50-15-11-45)44-36(34)52-13-3-12-49-18-19-51-17-16-48-2/h4-5,20,22-23,25-28,32-33H,3,6-19,24H2,1-2H3,(H,40,41,43)/t28-,32?,33?/m0/s1. The summed E-state index contributed by atoms with van der Waals surface area (Å²) in [6.07, 6.45) is 13.4. The minimum Gasteiger partial charge on any atom is -0.487 e. The molecule has 284 valence electrons. The van der Waals surface area contributed by atoms with Crippen LogP contribution in [0.4, 0.5) is 11.6 Å². The number of rotatable bonds is 20. The predicted molar refractivity (Wildman–Crippen MR) is 195 cm³/mol. The van der Waals surface area contributed by atoms with Gasteiger partial charge in [-0.1, -0.05) is 6.07 Å². The summed E-state index contributed by atoms with van der Waals surface area (Å²) in [5, 5.41) is 22.1. The molecule has 0 spiro atoms. The number of morpholine rings is 1. The fourth-order valence-corrected chi connectivity index (χ4v) is 6.58. The van der Waals surface area contributed by atoms with Crippen LogP contribution in [0.1, 0.15) is 50.6 Å². The van der Waals surface area contributed by atoms with Crippen LogP contribution in [0, 0.1) is 11.3 Å². The van der Waals surface area contributed by atoms with E-state index in [0.717, 1.165) is 63.1 Å². The van der Waals surface area contributed by atoms with Gasteiger partial charge in [-0.25, -0.2) is 19.6 Å². The van der Waals surface area contributed by atoms with Crippen LogP contribution in [-0.2, 0) is 25.5 Å². The first-order chi connectivity index (χ1) is 26.1. The van der Waals surface area contributed by atoms with Gasteiger partial charge in [0.2, 0.25) is 5.95 Å². The van der Waals surface area contributed by atoms with Gasteiger partial charge in [-0.2, -0.15) is 10.4 Å². The second-order valence-electron chi connectivity index (χ2n) is 13.1. The summed E-state index contributed by atoms with van der Waals surface area (Å²) in [5.74, 6) is 1.40. The zero-order valence-corrected chi connectivity index (χ0v) is 30.6. The van der Waals surface area contributed by atoms with Gasteiger partial charge in [0.1, 0.15) is 36.3 Å². The van der Waals surface area contributed by atoms with E-state index >= 15 is 0 Å². The van der Waals surface area contributed by atoms with Crippen molar-refractivity contribution in [2.45, 2.75) is 63.8 Å². The monoisotopic (exact) mass is 730 g/mol. The van der Waals surface area contributed by atoms with Gasteiger partial charge in [0.15, 0.2) is 0 Å². The molecule has 1 saturated carbocycles.